The zero-order valence-corrected chi connectivity index (χ0v) is 13.5. The van der Waals surface area contributed by atoms with Crippen LogP contribution in [0.5, 0.6) is 0 Å². The fraction of sp³-hybridized carbons (Fsp3) is 0.500. The quantitative estimate of drug-likeness (QED) is 0.637. The summed E-state index contributed by atoms with van der Waals surface area (Å²) in [5, 5.41) is 10.2. The van der Waals surface area contributed by atoms with Gasteiger partial charge in [0.1, 0.15) is 4.88 Å². The van der Waals surface area contributed by atoms with Crippen LogP contribution in [0.1, 0.15) is 40.1 Å². The second kappa shape index (κ2) is 9.47. The van der Waals surface area contributed by atoms with Crippen LogP contribution >= 0.6 is 11.3 Å². The predicted molar refractivity (Wildman–Crippen MR) is 88.2 cm³/mol. The molecule has 0 atom stereocenters. The van der Waals surface area contributed by atoms with Crippen molar-refractivity contribution in [2.24, 2.45) is 0 Å². The second-order valence-corrected chi connectivity index (χ2v) is 5.96. The first kappa shape index (κ1) is 17.6. The molecule has 0 saturated heterocycles. The maximum absolute atomic E-state index is 11.3. The third-order valence-electron chi connectivity index (χ3n) is 3.12. The maximum atomic E-state index is 11.3. The van der Waals surface area contributed by atoms with Gasteiger partial charge in [-0.2, -0.15) is 0 Å². The minimum atomic E-state index is -0.862. The molecule has 0 aliphatic heterocycles. The predicted octanol–water partition coefficient (Wildman–Crippen LogP) is 3.40. The molecule has 0 radical (unpaired) electrons. The first-order valence-electron chi connectivity index (χ1n) is 7.28. The fourth-order valence-corrected chi connectivity index (χ4v) is 3.00. The van der Waals surface area contributed by atoms with Crippen LogP contribution in [0.25, 0.3) is 0 Å². The number of carboxylic acids is 1. The molecule has 0 saturated carbocycles. The van der Waals surface area contributed by atoms with Gasteiger partial charge in [0.25, 0.3) is 0 Å². The first-order chi connectivity index (χ1) is 10.1. The molecule has 1 aromatic rings. The number of rotatable bonds is 11. The molecule has 0 unspecified atom stereocenters. The molecule has 0 fully saturated rings. The molecular formula is C16H24N2O2S. The Bertz CT molecular complexity index is 473. The van der Waals surface area contributed by atoms with Crippen LogP contribution in [0, 0.1) is 0 Å². The number of hydrogen-bond donors (Lipinski definition) is 1. The average Bonchev–Trinajstić information content (AvgIpc) is 2.86. The van der Waals surface area contributed by atoms with Crippen LogP contribution < -0.4 is 0 Å². The summed E-state index contributed by atoms with van der Waals surface area (Å²) in [7, 11) is 0. The molecule has 116 valence electrons. The lowest BCUT2D eigenvalue weighted by Crippen LogP contribution is -2.26. The van der Waals surface area contributed by atoms with Crippen LogP contribution in [0.3, 0.4) is 0 Å². The first-order valence-corrected chi connectivity index (χ1v) is 8.10. The summed E-state index contributed by atoms with van der Waals surface area (Å²) >= 11 is 1.31. The molecule has 0 aliphatic carbocycles. The van der Waals surface area contributed by atoms with Crippen molar-refractivity contribution < 1.29 is 9.90 Å². The lowest BCUT2D eigenvalue weighted by Gasteiger charge is -2.17. The molecule has 1 aromatic heterocycles. The number of thiazole rings is 1. The average molecular weight is 308 g/mol. The highest BCUT2D eigenvalue weighted by Gasteiger charge is 2.17. The zero-order chi connectivity index (χ0) is 15.7. The summed E-state index contributed by atoms with van der Waals surface area (Å²) in [5.74, 6) is -0.862. The van der Waals surface area contributed by atoms with E-state index in [4.69, 9.17) is 0 Å². The third-order valence-corrected chi connectivity index (χ3v) is 4.26. The molecule has 5 heteroatoms. The van der Waals surface area contributed by atoms with Gasteiger partial charge in [-0.15, -0.1) is 24.5 Å². The Balaban J connectivity index is 2.71. The van der Waals surface area contributed by atoms with Gasteiger partial charge in [-0.3, -0.25) is 4.90 Å². The van der Waals surface area contributed by atoms with E-state index in [0.29, 0.717) is 4.88 Å². The molecule has 4 nitrogen and oxygen atoms in total. The van der Waals surface area contributed by atoms with Crippen molar-refractivity contribution >= 4 is 17.3 Å². The monoisotopic (exact) mass is 308 g/mol. The molecule has 0 spiro atoms. The van der Waals surface area contributed by atoms with Gasteiger partial charge >= 0.3 is 5.97 Å². The second-order valence-electron chi connectivity index (χ2n) is 4.88. The molecule has 1 N–H and O–H groups in total. The van der Waals surface area contributed by atoms with Crippen LogP contribution in [-0.2, 0) is 12.8 Å². The number of carboxylic acid groups (broad SMARTS) is 1. The van der Waals surface area contributed by atoms with Crippen molar-refractivity contribution in [1.82, 2.24) is 9.88 Å². The van der Waals surface area contributed by atoms with Gasteiger partial charge in [0.05, 0.1) is 10.7 Å². The molecule has 1 rings (SSSR count). The van der Waals surface area contributed by atoms with E-state index < -0.39 is 5.97 Å². The number of aromatic nitrogens is 1. The Morgan fingerprint density at radius 1 is 1.33 bits per heavy atom. The van der Waals surface area contributed by atoms with E-state index in [1.54, 1.807) is 0 Å². The van der Waals surface area contributed by atoms with E-state index in [-0.39, 0.29) is 0 Å². The van der Waals surface area contributed by atoms with Crippen molar-refractivity contribution in [3.8, 4) is 0 Å². The van der Waals surface area contributed by atoms with Crippen molar-refractivity contribution in [1.29, 1.82) is 0 Å². The Morgan fingerprint density at radius 3 is 2.52 bits per heavy atom. The highest BCUT2D eigenvalue weighted by Crippen LogP contribution is 2.21. The standard InChI is InChI=1S/C16H24N2O2S/c1-4-7-8-13-15(16(19)20)21-14(17-13)9-12-18(10-5-2)11-6-3/h5-6H,2-4,7-12H2,1H3,(H,19,20). The summed E-state index contributed by atoms with van der Waals surface area (Å²) in [4.78, 5) is 18.4. The molecule has 0 aromatic carbocycles. The topological polar surface area (TPSA) is 53.4 Å². The lowest BCUT2D eigenvalue weighted by molar-refractivity contribution is 0.0700. The minimum Gasteiger partial charge on any atom is -0.477 e. The van der Waals surface area contributed by atoms with Crippen molar-refractivity contribution in [3.63, 3.8) is 0 Å². The summed E-state index contributed by atoms with van der Waals surface area (Å²) in [6, 6.07) is 0. The summed E-state index contributed by atoms with van der Waals surface area (Å²) < 4.78 is 0. The molecule has 0 amide bonds. The van der Waals surface area contributed by atoms with Gasteiger partial charge in [-0.25, -0.2) is 9.78 Å². The summed E-state index contributed by atoms with van der Waals surface area (Å²) in [5.41, 5.74) is 0.739. The van der Waals surface area contributed by atoms with Crippen molar-refractivity contribution in [2.45, 2.75) is 32.6 Å². The number of carbonyl (C=O) groups is 1. The van der Waals surface area contributed by atoms with E-state index in [1.165, 1.54) is 11.3 Å². The van der Waals surface area contributed by atoms with Crippen molar-refractivity contribution in [2.75, 3.05) is 19.6 Å². The molecular weight excluding hydrogens is 284 g/mol. The van der Waals surface area contributed by atoms with Crippen LogP contribution in [0.2, 0.25) is 0 Å². The van der Waals surface area contributed by atoms with E-state index in [1.807, 2.05) is 12.2 Å². The van der Waals surface area contributed by atoms with Crippen LogP contribution in [0.15, 0.2) is 25.3 Å². The van der Waals surface area contributed by atoms with Crippen molar-refractivity contribution in [3.05, 3.63) is 40.9 Å². The van der Waals surface area contributed by atoms with Gasteiger partial charge < -0.3 is 5.11 Å². The largest absolute Gasteiger partial charge is 0.477 e. The minimum absolute atomic E-state index is 0.400. The zero-order valence-electron chi connectivity index (χ0n) is 12.7. The molecule has 1 heterocycles. The van der Waals surface area contributed by atoms with Gasteiger partial charge in [-0.1, -0.05) is 25.5 Å². The van der Waals surface area contributed by atoms with Crippen LogP contribution in [0.4, 0.5) is 0 Å². The number of aryl methyl sites for hydroxylation is 1. The van der Waals surface area contributed by atoms with Crippen LogP contribution in [-0.4, -0.2) is 40.6 Å². The third kappa shape index (κ3) is 5.81. The lowest BCUT2D eigenvalue weighted by atomic mass is 10.2. The Morgan fingerprint density at radius 2 is 2.00 bits per heavy atom. The highest BCUT2D eigenvalue weighted by atomic mass is 32.1. The summed E-state index contributed by atoms with van der Waals surface area (Å²) in [6.45, 7) is 12.0. The Hall–Kier alpha value is -1.46. The fourth-order valence-electron chi connectivity index (χ4n) is 2.06. The molecule has 21 heavy (non-hydrogen) atoms. The number of unbranched alkanes of at least 4 members (excludes halogenated alkanes) is 1. The number of aromatic carboxylic acids is 1. The van der Waals surface area contributed by atoms with E-state index in [0.717, 1.165) is 56.0 Å². The smallest absolute Gasteiger partial charge is 0.347 e. The van der Waals surface area contributed by atoms with Gasteiger partial charge in [0.2, 0.25) is 0 Å². The number of hydrogen-bond acceptors (Lipinski definition) is 4. The van der Waals surface area contributed by atoms with Gasteiger partial charge in [0, 0.05) is 26.1 Å². The van der Waals surface area contributed by atoms with Gasteiger partial charge in [-0.05, 0) is 12.8 Å². The summed E-state index contributed by atoms with van der Waals surface area (Å²) in [6.07, 6.45) is 7.25. The Kier molecular flexibility index (Phi) is 7.93. The maximum Gasteiger partial charge on any atom is 0.347 e. The molecule has 0 aliphatic rings. The van der Waals surface area contributed by atoms with Gasteiger partial charge in [0.15, 0.2) is 0 Å². The Labute approximate surface area is 130 Å². The number of nitrogens with zero attached hydrogens (tertiary/aromatic N) is 2. The van der Waals surface area contributed by atoms with E-state index in [2.05, 4.69) is 30.0 Å². The van der Waals surface area contributed by atoms with E-state index in [9.17, 15) is 9.90 Å². The SMILES string of the molecule is C=CCN(CC=C)CCc1nc(CCCC)c(C(=O)O)s1. The normalized spacial score (nSPS) is 10.8. The molecule has 0 bridgehead atoms. The van der Waals surface area contributed by atoms with E-state index >= 15 is 0 Å². The highest BCUT2D eigenvalue weighted by molar-refractivity contribution is 7.13.